The molecule has 0 atom stereocenters. The van der Waals surface area contributed by atoms with Crippen LogP contribution in [-0.4, -0.2) is 35.4 Å². The molecule has 1 aliphatic heterocycles. The second-order valence-corrected chi connectivity index (χ2v) is 3.53. The van der Waals surface area contributed by atoms with Crippen LogP contribution in [0.2, 0.25) is 0 Å². The normalized spacial score (nSPS) is 16.5. The van der Waals surface area contributed by atoms with Crippen LogP contribution >= 0.6 is 0 Å². The van der Waals surface area contributed by atoms with E-state index in [9.17, 15) is 0 Å². The summed E-state index contributed by atoms with van der Waals surface area (Å²) in [5.41, 5.74) is 2.58. The number of aromatic nitrogens is 2. The molecule has 0 amide bonds. The Balaban J connectivity index is 2.04. The van der Waals surface area contributed by atoms with Crippen molar-refractivity contribution >= 4 is 0 Å². The van der Waals surface area contributed by atoms with Crippen LogP contribution in [0.5, 0.6) is 0 Å². The Hall–Kier alpha value is -0.870. The standard InChI is InChI=1S/C9H15N3O/c1-11-5-8-6-12(3-4-13-2)10-9(8)7-11/h6H,3-5,7H2,1-2H3. The Morgan fingerprint density at radius 3 is 3.08 bits per heavy atom. The molecule has 0 saturated carbocycles. The van der Waals surface area contributed by atoms with E-state index >= 15 is 0 Å². The Morgan fingerprint density at radius 1 is 1.54 bits per heavy atom. The van der Waals surface area contributed by atoms with Gasteiger partial charge in [0.25, 0.3) is 0 Å². The van der Waals surface area contributed by atoms with E-state index in [1.807, 2.05) is 4.68 Å². The van der Waals surface area contributed by atoms with Crippen LogP contribution in [0.4, 0.5) is 0 Å². The lowest BCUT2D eigenvalue weighted by Gasteiger charge is -2.05. The molecule has 72 valence electrons. The van der Waals surface area contributed by atoms with Crippen molar-refractivity contribution in [2.45, 2.75) is 19.6 Å². The monoisotopic (exact) mass is 181 g/mol. The number of fused-ring (bicyclic) bond motifs is 1. The minimum atomic E-state index is 0.733. The summed E-state index contributed by atoms with van der Waals surface area (Å²) in [4.78, 5) is 2.26. The first kappa shape index (κ1) is 8.72. The quantitative estimate of drug-likeness (QED) is 0.679. The van der Waals surface area contributed by atoms with Crippen LogP contribution in [0.1, 0.15) is 11.3 Å². The molecule has 0 radical (unpaired) electrons. The van der Waals surface area contributed by atoms with Crippen molar-refractivity contribution in [3.8, 4) is 0 Å². The molecular weight excluding hydrogens is 166 g/mol. The molecule has 0 N–H and O–H groups in total. The van der Waals surface area contributed by atoms with Crippen LogP contribution in [0.3, 0.4) is 0 Å². The lowest BCUT2D eigenvalue weighted by Crippen LogP contribution is -2.11. The van der Waals surface area contributed by atoms with Gasteiger partial charge in [0, 0.05) is 32.0 Å². The van der Waals surface area contributed by atoms with Crippen molar-refractivity contribution in [2.75, 3.05) is 20.8 Å². The third-order valence-corrected chi connectivity index (χ3v) is 2.31. The molecule has 1 aromatic heterocycles. The van der Waals surface area contributed by atoms with Crippen LogP contribution < -0.4 is 0 Å². The van der Waals surface area contributed by atoms with Crippen LogP contribution in [0.25, 0.3) is 0 Å². The summed E-state index contributed by atoms with van der Waals surface area (Å²) >= 11 is 0. The predicted molar refractivity (Wildman–Crippen MR) is 49.3 cm³/mol. The Kier molecular flexibility index (Phi) is 2.33. The summed E-state index contributed by atoms with van der Waals surface area (Å²) in [5.74, 6) is 0. The molecule has 0 fully saturated rings. The molecule has 1 aliphatic rings. The van der Waals surface area contributed by atoms with Gasteiger partial charge in [-0.15, -0.1) is 0 Å². The maximum atomic E-state index is 5.00. The Bertz CT molecular complexity index is 272. The molecule has 0 saturated heterocycles. The topological polar surface area (TPSA) is 30.3 Å². The van der Waals surface area contributed by atoms with E-state index in [1.165, 1.54) is 11.3 Å². The zero-order valence-corrected chi connectivity index (χ0v) is 8.16. The third-order valence-electron chi connectivity index (χ3n) is 2.31. The average molecular weight is 181 g/mol. The first-order chi connectivity index (χ1) is 6.29. The van der Waals surface area contributed by atoms with Crippen molar-refractivity contribution in [3.05, 3.63) is 17.5 Å². The number of nitrogens with zero attached hydrogens (tertiary/aromatic N) is 3. The summed E-state index contributed by atoms with van der Waals surface area (Å²) in [6.45, 7) is 3.60. The molecule has 4 nitrogen and oxygen atoms in total. The van der Waals surface area contributed by atoms with E-state index in [4.69, 9.17) is 4.74 Å². The van der Waals surface area contributed by atoms with Crippen LogP contribution in [0.15, 0.2) is 6.20 Å². The fraction of sp³-hybridized carbons (Fsp3) is 0.667. The predicted octanol–water partition coefficient (Wildman–Crippen LogP) is 0.475. The van der Waals surface area contributed by atoms with Gasteiger partial charge in [-0.2, -0.15) is 5.10 Å². The molecule has 2 rings (SSSR count). The maximum Gasteiger partial charge on any atom is 0.0809 e. The highest BCUT2D eigenvalue weighted by Gasteiger charge is 2.18. The molecule has 4 heteroatoms. The van der Waals surface area contributed by atoms with E-state index in [0.717, 1.165) is 26.2 Å². The van der Waals surface area contributed by atoms with E-state index in [1.54, 1.807) is 7.11 Å². The number of rotatable bonds is 3. The van der Waals surface area contributed by atoms with Crippen molar-refractivity contribution in [3.63, 3.8) is 0 Å². The third kappa shape index (κ3) is 1.73. The van der Waals surface area contributed by atoms with Gasteiger partial charge in [0.1, 0.15) is 0 Å². The molecule has 2 heterocycles. The molecule has 0 aliphatic carbocycles. The molecular formula is C9H15N3O. The number of hydrogen-bond acceptors (Lipinski definition) is 3. The summed E-state index contributed by atoms with van der Waals surface area (Å²) < 4.78 is 6.97. The van der Waals surface area contributed by atoms with Crippen molar-refractivity contribution in [2.24, 2.45) is 0 Å². The highest BCUT2D eigenvalue weighted by Crippen LogP contribution is 2.18. The average Bonchev–Trinajstić information content (AvgIpc) is 2.57. The minimum Gasteiger partial charge on any atom is -0.383 e. The van der Waals surface area contributed by atoms with Crippen LogP contribution in [-0.2, 0) is 24.4 Å². The van der Waals surface area contributed by atoms with Gasteiger partial charge in [0.15, 0.2) is 0 Å². The highest BCUT2D eigenvalue weighted by molar-refractivity contribution is 5.20. The second kappa shape index (κ2) is 3.47. The van der Waals surface area contributed by atoms with Gasteiger partial charge in [-0.3, -0.25) is 9.58 Å². The van der Waals surface area contributed by atoms with Gasteiger partial charge in [-0.05, 0) is 7.05 Å². The number of methoxy groups -OCH3 is 1. The van der Waals surface area contributed by atoms with Crippen molar-refractivity contribution in [1.29, 1.82) is 0 Å². The van der Waals surface area contributed by atoms with E-state index in [0.29, 0.717) is 0 Å². The number of ether oxygens (including phenoxy) is 1. The van der Waals surface area contributed by atoms with E-state index in [-0.39, 0.29) is 0 Å². The summed E-state index contributed by atoms with van der Waals surface area (Å²) in [7, 11) is 3.83. The Morgan fingerprint density at radius 2 is 2.38 bits per heavy atom. The first-order valence-corrected chi connectivity index (χ1v) is 4.52. The first-order valence-electron chi connectivity index (χ1n) is 4.52. The summed E-state index contributed by atoms with van der Waals surface area (Å²) in [6, 6.07) is 0. The van der Waals surface area contributed by atoms with Gasteiger partial charge >= 0.3 is 0 Å². The summed E-state index contributed by atoms with van der Waals surface area (Å²) in [6.07, 6.45) is 2.12. The van der Waals surface area contributed by atoms with Gasteiger partial charge in [0.2, 0.25) is 0 Å². The minimum absolute atomic E-state index is 0.733. The molecule has 0 bridgehead atoms. The molecule has 13 heavy (non-hydrogen) atoms. The fourth-order valence-corrected chi connectivity index (χ4v) is 1.67. The SMILES string of the molecule is COCCn1cc2c(n1)CN(C)C2. The zero-order valence-electron chi connectivity index (χ0n) is 8.16. The zero-order chi connectivity index (χ0) is 9.26. The largest absolute Gasteiger partial charge is 0.383 e. The Labute approximate surface area is 78.1 Å². The van der Waals surface area contributed by atoms with Crippen molar-refractivity contribution in [1.82, 2.24) is 14.7 Å². The number of hydrogen-bond donors (Lipinski definition) is 0. The van der Waals surface area contributed by atoms with Crippen LogP contribution in [0, 0.1) is 0 Å². The molecule has 1 aromatic rings. The summed E-state index contributed by atoms with van der Waals surface area (Å²) in [5, 5.41) is 4.47. The van der Waals surface area contributed by atoms with Gasteiger partial charge in [-0.1, -0.05) is 0 Å². The van der Waals surface area contributed by atoms with Crippen molar-refractivity contribution < 1.29 is 4.74 Å². The molecule has 0 spiro atoms. The van der Waals surface area contributed by atoms with E-state index < -0.39 is 0 Å². The fourth-order valence-electron chi connectivity index (χ4n) is 1.67. The van der Waals surface area contributed by atoms with Gasteiger partial charge in [-0.25, -0.2) is 0 Å². The van der Waals surface area contributed by atoms with E-state index in [2.05, 4.69) is 23.2 Å². The maximum absolute atomic E-state index is 5.00. The smallest absolute Gasteiger partial charge is 0.0809 e. The lowest BCUT2D eigenvalue weighted by molar-refractivity contribution is 0.183. The van der Waals surface area contributed by atoms with Gasteiger partial charge in [0.05, 0.1) is 18.8 Å². The molecule has 0 unspecified atom stereocenters. The van der Waals surface area contributed by atoms with Gasteiger partial charge < -0.3 is 4.74 Å². The lowest BCUT2D eigenvalue weighted by atomic mass is 10.3. The molecule has 0 aromatic carbocycles. The highest BCUT2D eigenvalue weighted by atomic mass is 16.5. The second-order valence-electron chi connectivity index (χ2n) is 3.53.